The molecule has 2 rings (SSSR count). The summed E-state index contributed by atoms with van der Waals surface area (Å²) in [5, 5.41) is 6.72. The lowest BCUT2D eigenvalue weighted by Gasteiger charge is -2.22. The molecule has 0 bridgehead atoms. The van der Waals surface area contributed by atoms with Gasteiger partial charge < -0.3 is 9.84 Å². The number of nitrogens with zero attached hydrogens (tertiary/aromatic N) is 2. The normalized spacial score (nSPS) is 17.3. The molecule has 0 aromatic carbocycles. The molecule has 1 aliphatic rings. The average Bonchev–Trinajstić information content (AvgIpc) is 2.65. The van der Waals surface area contributed by atoms with Crippen LogP contribution in [0.25, 0.3) is 0 Å². The molecule has 0 aliphatic heterocycles. The van der Waals surface area contributed by atoms with Crippen LogP contribution in [0.15, 0.2) is 4.52 Å². The van der Waals surface area contributed by atoms with Gasteiger partial charge in [0.05, 0.1) is 6.42 Å². The van der Waals surface area contributed by atoms with Crippen LogP contribution in [0.2, 0.25) is 0 Å². The lowest BCUT2D eigenvalue weighted by Crippen LogP contribution is -2.37. The van der Waals surface area contributed by atoms with Crippen molar-refractivity contribution in [3.05, 3.63) is 11.7 Å². The van der Waals surface area contributed by atoms with Crippen LogP contribution in [-0.4, -0.2) is 22.1 Å². The largest absolute Gasteiger partial charge is 0.353 e. The molecule has 5 nitrogen and oxygen atoms in total. The number of carbonyl (C=O) groups excluding carboxylic acids is 1. The van der Waals surface area contributed by atoms with Crippen LogP contribution in [-0.2, 0) is 11.2 Å². The number of nitrogens with one attached hydrogen (secondary N) is 1. The third-order valence-electron chi connectivity index (χ3n) is 2.86. The molecule has 16 heavy (non-hydrogen) atoms. The van der Waals surface area contributed by atoms with Crippen LogP contribution in [0.1, 0.15) is 43.8 Å². The van der Waals surface area contributed by atoms with Gasteiger partial charge in [-0.1, -0.05) is 24.4 Å². The fourth-order valence-corrected chi connectivity index (χ4v) is 2.08. The van der Waals surface area contributed by atoms with Crippen molar-refractivity contribution in [3.63, 3.8) is 0 Å². The van der Waals surface area contributed by atoms with Crippen LogP contribution in [0, 0.1) is 6.92 Å². The van der Waals surface area contributed by atoms with E-state index in [9.17, 15) is 4.79 Å². The van der Waals surface area contributed by atoms with E-state index < -0.39 is 0 Å². The van der Waals surface area contributed by atoms with E-state index in [1.54, 1.807) is 6.92 Å². The quantitative estimate of drug-likeness (QED) is 0.840. The zero-order valence-corrected chi connectivity index (χ0v) is 9.53. The maximum atomic E-state index is 11.7. The third kappa shape index (κ3) is 3.05. The van der Waals surface area contributed by atoms with Crippen molar-refractivity contribution in [2.45, 2.75) is 51.5 Å². The predicted octanol–water partition coefficient (Wildman–Crippen LogP) is 1.37. The molecule has 1 aromatic rings. The maximum Gasteiger partial charge on any atom is 0.228 e. The zero-order valence-electron chi connectivity index (χ0n) is 9.53. The van der Waals surface area contributed by atoms with Crippen molar-refractivity contribution < 1.29 is 9.32 Å². The monoisotopic (exact) mass is 223 g/mol. The molecule has 0 atom stereocenters. The van der Waals surface area contributed by atoms with Gasteiger partial charge in [-0.2, -0.15) is 4.98 Å². The fourth-order valence-electron chi connectivity index (χ4n) is 2.08. The van der Waals surface area contributed by atoms with E-state index in [2.05, 4.69) is 15.5 Å². The van der Waals surface area contributed by atoms with Gasteiger partial charge in [-0.25, -0.2) is 0 Å². The minimum absolute atomic E-state index is 0.00676. The van der Waals surface area contributed by atoms with Crippen molar-refractivity contribution in [3.8, 4) is 0 Å². The van der Waals surface area contributed by atoms with Gasteiger partial charge in [-0.15, -0.1) is 0 Å². The van der Waals surface area contributed by atoms with Gasteiger partial charge in [0.15, 0.2) is 5.82 Å². The zero-order chi connectivity index (χ0) is 11.4. The highest BCUT2D eigenvalue weighted by molar-refractivity contribution is 5.77. The number of carbonyl (C=O) groups is 1. The summed E-state index contributed by atoms with van der Waals surface area (Å²) in [5.74, 6) is 0.957. The second kappa shape index (κ2) is 5.09. The Kier molecular flexibility index (Phi) is 3.54. The number of aryl methyl sites for hydroxylation is 1. The SMILES string of the molecule is Cc1nc(CC(=O)NC2CCCCC2)no1. The highest BCUT2D eigenvalue weighted by Gasteiger charge is 2.17. The van der Waals surface area contributed by atoms with E-state index in [0.717, 1.165) is 12.8 Å². The van der Waals surface area contributed by atoms with E-state index in [1.165, 1.54) is 19.3 Å². The van der Waals surface area contributed by atoms with Gasteiger partial charge in [0.1, 0.15) is 0 Å². The average molecular weight is 223 g/mol. The lowest BCUT2D eigenvalue weighted by atomic mass is 9.95. The summed E-state index contributed by atoms with van der Waals surface area (Å²) >= 11 is 0. The number of rotatable bonds is 3. The Morgan fingerprint density at radius 2 is 2.19 bits per heavy atom. The van der Waals surface area contributed by atoms with E-state index in [1.807, 2.05) is 0 Å². The van der Waals surface area contributed by atoms with Crippen LogP contribution in [0.3, 0.4) is 0 Å². The molecule has 0 radical (unpaired) electrons. The first-order chi connectivity index (χ1) is 7.74. The molecule has 1 fully saturated rings. The van der Waals surface area contributed by atoms with Crippen LogP contribution < -0.4 is 5.32 Å². The van der Waals surface area contributed by atoms with Crippen LogP contribution in [0.5, 0.6) is 0 Å². The molecule has 1 aromatic heterocycles. The van der Waals surface area contributed by atoms with Crippen molar-refractivity contribution in [2.24, 2.45) is 0 Å². The maximum absolute atomic E-state index is 11.7. The number of hydrogen-bond donors (Lipinski definition) is 1. The number of aromatic nitrogens is 2. The van der Waals surface area contributed by atoms with Gasteiger partial charge in [0, 0.05) is 13.0 Å². The Morgan fingerprint density at radius 1 is 1.44 bits per heavy atom. The van der Waals surface area contributed by atoms with Crippen molar-refractivity contribution in [2.75, 3.05) is 0 Å². The summed E-state index contributed by atoms with van der Waals surface area (Å²) in [6, 6.07) is 0.342. The first-order valence-corrected chi connectivity index (χ1v) is 5.82. The summed E-state index contributed by atoms with van der Waals surface area (Å²) in [7, 11) is 0. The molecule has 5 heteroatoms. The van der Waals surface area contributed by atoms with E-state index in [0.29, 0.717) is 17.8 Å². The molecule has 1 heterocycles. The summed E-state index contributed by atoms with van der Waals surface area (Å²) in [5.41, 5.74) is 0. The second-order valence-electron chi connectivity index (χ2n) is 4.31. The first kappa shape index (κ1) is 11.1. The summed E-state index contributed by atoms with van der Waals surface area (Å²) in [6.07, 6.45) is 6.12. The van der Waals surface area contributed by atoms with Crippen molar-refractivity contribution >= 4 is 5.91 Å². The molecule has 0 unspecified atom stereocenters. The highest BCUT2D eigenvalue weighted by Crippen LogP contribution is 2.17. The molecular weight excluding hydrogens is 206 g/mol. The van der Waals surface area contributed by atoms with Crippen molar-refractivity contribution in [1.82, 2.24) is 15.5 Å². The van der Waals surface area contributed by atoms with E-state index in [4.69, 9.17) is 4.52 Å². The number of amides is 1. The minimum atomic E-state index is -0.00676. The van der Waals surface area contributed by atoms with Gasteiger partial charge in [0.25, 0.3) is 0 Å². The topological polar surface area (TPSA) is 68.0 Å². The third-order valence-corrected chi connectivity index (χ3v) is 2.86. The van der Waals surface area contributed by atoms with Gasteiger partial charge in [-0.3, -0.25) is 4.79 Å². The van der Waals surface area contributed by atoms with Crippen LogP contribution in [0.4, 0.5) is 0 Å². The van der Waals surface area contributed by atoms with E-state index in [-0.39, 0.29) is 12.3 Å². The molecule has 1 amide bonds. The first-order valence-electron chi connectivity index (χ1n) is 5.82. The number of hydrogen-bond acceptors (Lipinski definition) is 4. The van der Waals surface area contributed by atoms with Crippen LogP contribution >= 0.6 is 0 Å². The Bertz CT molecular complexity index is 356. The summed E-state index contributed by atoms with van der Waals surface area (Å²) in [6.45, 7) is 1.72. The molecule has 1 aliphatic carbocycles. The van der Waals surface area contributed by atoms with Gasteiger partial charge in [0.2, 0.25) is 11.8 Å². The Balaban J connectivity index is 1.79. The Hall–Kier alpha value is -1.39. The fraction of sp³-hybridized carbons (Fsp3) is 0.727. The lowest BCUT2D eigenvalue weighted by molar-refractivity contribution is -0.121. The standard InChI is InChI=1S/C11H17N3O2/c1-8-12-10(14-16-8)7-11(15)13-9-5-3-2-4-6-9/h9H,2-7H2,1H3,(H,13,15). The van der Waals surface area contributed by atoms with Gasteiger partial charge in [-0.05, 0) is 12.8 Å². The summed E-state index contributed by atoms with van der Waals surface area (Å²) in [4.78, 5) is 15.7. The smallest absolute Gasteiger partial charge is 0.228 e. The summed E-state index contributed by atoms with van der Waals surface area (Å²) < 4.78 is 4.81. The van der Waals surface area contributed by atoms with E-state index >= 15 is 0 Å². The molecule has 0 spiro atoms. The van der Waals surface area contributed by atoms with Gasteiger partial charge >= 0.3 is 0 Å². The molecule has 0 saturated heterocycles. The van der Waals surface area contributed by atoms with Crippen molar-refractivity contribution in [1.29, 1.82) is 0 Å². The predicted molar refractivity (Wildman–Crippen MR) is 57.8 cm³/mol. The molecular formula is C11H17N3O2. The Morgan fingerprint density at radius 3 is 2.81 bits per heavy atom. The molecule has 1 N–H and O–H groups in total. The minimum Gasteiger partial charge on any atom is -0.353 e. The second-order valence-corrected chi connectivity index (χ2v) is 4.31. The molecule has 1 saturated carbocycles. The molecule has 88 valence electrons. The Labute approximate surface area is 94.6 Å². The highest BCUT2D eigenvalue weighted by atomic mass is 16.5.